The topological polar surface area (TPSA) is 107 Å². The van der Waals surface area contributed by atoms with Crippen molar-refractivity contribution in [3.8, 4) is 23.0 Å². The second-order valence-electron chi connectivity index (χ2n) is 9.83. The first kappa shape index (κ1) is 28.9. The van der Waals surface area contributed by atoms with Crippen molar-refractivity contribution in [2.75, 3.05) is 32.8 Å². The van der Waals surface area contributed by atoms with E-state index in [4.69, 9.17) is 23.9 Å². The van der Waals surface area contributed by atoms with Gasteiger partial charge in [-0.2, -0.15) is 0 Å². The van der Waals surface area contributed by atoms with E-state index in [0.717, 1.165) is 23.1 Å². The summed E-state index contributed by atoms with van der Waals surface area (Å²) in [6.45, 7) is 4.56. The van der Waals surface area contributed by atoms with E-state index in [1.807, 2.05) is 25.1 Å². The predicted molar refractivity (Wildman–Crippen MR) is 162 cm³/mol. The number of carbonyl (C=O) groups is 2. The van der Waals surface area contributed by atoms with Crippen LogP contribution in [0, 0.1) is 6.92 Å². The number of rotatable bonds is 10. The zero-order valence-corrected chi connectivity index (χ0v) is 24.9. The van der Waals surface area contributed by atoms with E-state index in [1.54, 1.807) is 36.4 Å². The van der Waals surface area contributed by atoms with Crippen molar-refractivity contribution < 1.29 is 33.6 Å². The standard InChI is InChI=1S/C32H32N2O7S/c1-6-7-13-41-21-10-8-9-19(15-21)28(35)26-27(20-16-23(38-3)30(40-5)24(17-20)39-4)34(31(37)29(26)36)32-33-22-12-11-18(2)14-25(22)42-32/h8-12,14-17,27,35H,6-7,13H2,1-5H3/b28-26+. The third-order valence-corrected chi connectivity index (χ3v) is 8.08. The minimum Gasteiger partial charge on any atom is -0.507 e. The third-order valence-electron chi connectivity index (χ3n) is 7.06. The van der Waals surface area contributed by atoms with E-state index in [0.29, 0.717) is 51.4 Å². The van der Waals surface area contributed by atoms with Gasteiger partial charge in [0.15, 0.2) is 16.6 Å². The lowest BCUT2D eigenvalue weighted by molar-refractivity contribution is -0.132. The van der Waals surface area contributed by atoms with Crippen LogP contribution in [0.25, 0.3) is 16.0 Å². The van der Waals surface area contributed by atoms with Gasteiger partial charge in [-0.1, -0.05) is 42.9 Å². The van der Waals surface area contributed by atoms with E-state index in [9.17, 15) is 14.7 Å². The van der Waals surface area contributed by atoms with Crippen LogP contribution in [-0.4, -0.2) is 49.7 Å². The molecule has 4 aromatic rings. The number of fused-ring (bicyclic) bond motifs is 1. The lowest BCUT2D eigenvalue weighted by atomic mass is 9.94. The van der Waals surface area contributed by atoms with Gasteiger partial charge in [0, 0.05) is 5.56 Å². The van der Waals surface area contributed by atoms with Gasteiger partial charge in [0.1, 0.15) is 11.5 Å². The SMILES string of the molecule is CCCCOc1cccc(/C(O)=C2\C(=O)C(=O)N(c3nc4ccc(C)cc4s3)C2c2cc(OC)c(OC)c(OC)c2)c1. The van der Waals surface area contributed by atoms with Gasteiger partial charge >= 0.3 is 5.91 Å². The Labute approximate surface area is 247 Å². The van der Waals surface area contributed by atoms with E-state index in [2.05, 4.69) is 6.92 Å². The van der Waals surface area contributed by atoms with E-state index >= 15 is 0 Å². The van der Waals surface area contributed by atoms with Crippen molar-refractivity contribution in [3.05, 3.63) is 76.9 Å². The van der Waals surface area contributed by atoms with Gasteiger partial charge in [-0.05, 0) is 60.9 Å². The summed E-state index contributed by atoms with van der Waals surface area (Å²) in [5, 5.41) is 12.0. The fourth-order valence-electron chi connectivity index (χ4n) is 4.95. The number of ketones is 1. The molecule has 0 bridgehead atoms. The number of aromatic nitrogens is 1. The Morgan fingerprint density at radius 2 is 1.74 bits per heavy atom. The van der Waals surface area contributed by atoms with Crippen molar-refractivity contribution >= 4 is 44.1 Å². The van der Waals surface area contributed by atoms with Crippen LogP contribution < -0.4 is 23.8 Å². The van der Waals surface area contributed by atoms with Gasteiger partial charge in [0.2, 0.25) is 5.75 Å². The molecule has 3 aromatic carbocycles. The number of aliphatic hydroxyl groups excluding tert-OH is 1. The number of ether oxygens (including phenoxy) is 4. The number of Topliss-reactive ketones (excluding diaryl/α,β-unsaturated/α-hetero) is 1. The number of hydrogen-bond acceptors (Lipinski definition) is 9. The highest BCUT2D eigenvalue weighted by molar-refractivity contribution is 7.22. The number of unbranched alkanes of at least 4 members (excludes halogenated alkanes) is 1. The molecular weight excluding hydrogens is 556 g/mol. The van der Waals surface area contributed by atoms with Crippen LogP contribution in [0.15, 0.2) is 60.2 Å². The fraction of sp³-hybridized carbons (Fsp3) is 0.281. The summed E-state index contributed by atoms with van der Waals surface area (Å²) in [6.07, 6.45) is 1.85. The minimum atomic E-state index is -1.04. The molecule has 42 heavy (non-hydrogen) atoms. The zero-order chi connectivity index (χ0) is 30.0. The molecule has 5 rings (SSSR count). The molecule has 1 aromatic heterocycles. The molecular formula is C32H32N2O7S. The molecule has 1 amide bonds. The number of carbonyl (C=O) groups excluding carboxylic acids is 2. The van der Waals surface area contributed by atoms with Gasteiger partial charge in [0.25, 0.3) is 5.78 Å². The summed E-state index contributed by atoms with van der Waals surface area (Å²) >= 11 is 1.29. The Balaban J connectivity index is 1.72. The molecule has 1 N–H and O–H groups in total. The first-order valence-corrected chi connectivity index (χ1v) is 14.3. The molecule has 1 atom stereocenters. The van der Waals surface area contributed by atoms with Gasteiger partial charge in [-0.15, -0.1) is 0 Å². The Bertz CT molecular complexity index is 1670. The highest BCUT2D eigenvalue weighted by atomic mass is 32.1. The highest BCUT2D eigenvalue weighted by Gasteiger charge is 2.48. The number of amides is 1. The minimum absolute atomic E-state index is 0.0876. The second-order valence-corrected chi connectivity index (χ2v) is 10.8. The molecule has 0 spiro atoms. The van der Waals surface area contributed by atoms with E-state index in [-0.39, 0.29) is 11.3 Å². The monoisotopic (exact) mass is 588 g/mol. The molecule has 1 aliphatic rings. The highest BCUT2D eigenvalue weighted by Crippen LogP contribution is 2.48. The molecule has 1 unspecified atom stereocenters. The lowest BCUT2D eigenvalue weighted by Gasteiger charge is -2.24. The molecule has 218 valence electrons. The average molecular weight is 589 g/mol. The van der Waals surface area contributed by atoms with Crippen LogP contribution in [0.2, 0.25) is 0 Å². The number of aliphatic hydroxyl groups is 1. The molecule has 0 radical (unpaired) electrons. The number of methoxy groups -OCH3 is 3. The Morgan fingerprint density at radius 3 is 2.40 bits per heavy atom. The van der Waals surface area contributed by atoms with Crippen molar-refractivity contribution in [2.24, 2.45) is 0 Å². The van der Waals surface area contributed by atoms with Crippen LogP contribution in [0.1, 0.15) is 42.5 Å². The molecule has 0 saturated carbocycles. The van der Waals surface area contributed by atoms with Crippen LogP contribution >= 0.6 is 11.3 Å². The summed E-state index contributed by atoms with van der Waals surface area (Å²) in [5.41, 5.74) is 2.47. The summed E-state index contributed by atoms with van der Waals surface area (Å²) in [6, 6.07) is 14.9. The number of benzene rings is 3. The second kappa shape index (κ2) is 12.1. The van der Waals surface area contributed by atoms with E-state index < -0.39 is 17.7 Å². The predicted octanol–water partition coefficient (Wildman–Crippen LogP) is 6.44. The normalized spacial score (nSPS) is 16.2. The maximum atomic E-state index is 13.7. The summed E-state index contributed by atoms with van der Waals surface area (Å²) in [4.78, 5) is 33.5. The average Bonchev–Trinajstić information content (AvgIpc) is 3.53. The number of hydrogen-bond donors (Lipinski definition) is 1. The van der Waals surface area contributed by atoms with Gasteiger partial charge in [0.05, 0.1) is 49.8 Å². The molecule has 0 aliphatic carbocycles. The lowest BCUT2D eigenvalue weighted by Crippen LogP contribution is -2.29. The number of thiazole rings is 1. The quantitative estimate of drug-likeness (QED) is 0.0977. The maximum absolute atomic E-state index is 13.7. The number of anilines is 1. The maximum Gasteiger partial charge on any atom is 0.301 e. The van der Waals surface area contributed by atoms with Crippen LogP contribution in [0.4, 0.5) is 5.13 Å². The number of aryl methyl sites for hydroxylation is 1. The van der Waals surface area contributed by atoms with Crippen molar-refractivity contribution in [1.29, 1.82) is 0 Å². The molecule has 9 nitrogen and oxygen atoms in total. The Kier molecular flexibility index (Phi) is 8.35. The Morgan fingerprint density at radius 1 is 1.00 bits per heavy atom. The molecule has 2 heterocycles. The Hall–Kier alpha value is -4.57. The molecule has 1 fully saturated rings. The van der Waals surface area contributed by atoms with Crippen LogP contribution in [0.5, 0.6) is 23.0 Å². The van der Waals surface area contributed by atoms with E-state index in [1.165, 1.54) is 37.6 Å². The van der Waals surface area contributed by atoms with Gasteiger partial charge in [-0.3, -0.25) is 14.5 Å². The van der Waals surface area contributed by atoms with Crippen molar-refractivity contribution in [2.45, 2.75) is 32.7 Å². The summed E-state index contributed by atoms with van der Waals surface area (Å²) < 4.78 is 23.3. The van der Waals surface area contributed by atoms with Crippen LogP contribution in [-0.2, 0) is 9.59 Å². The summed E-state index contributed by atoms with van der Waals surface area (Å²) in [5.74, 6) is -0.388. The largest absolute Gasteiger partial charge is 0.507 e. The third kappa shape index (κ3) is 5.25. The first-order chi connectivity index (χ1) is 20.3. The van der Waals surface area contributed by atoms with Crippen molar-refractivity contribution in [3.63, 3.8) is 0 Å². The first-order valence-electron chi connectivity index (χ1n) is 13.5. The zero-order valence-electron chi connectivity index (χ0n) is 24.1. The number of nitrogens with zero attached hydrogens (tertiary/aromatic N) is 2. The molecule has 1 saturated heterocycles. The molecule has 10 heteroatoms. The fourth-order valence-corrected chi connectivity index (χ4v) is 6.04. The van der Waals surface area contributed by atoms with Gasteiger partial charge in [-0.25, -0.2) is 4.98 Å². The van der Waals surface area contributed by atoms with Crippen molar-refractivity contribution in [1.82, 2.24) is 4.98 Å². The van der Waals surface area contributed by atoms with Gasteiger partial charge < -0.3 is 24.1 Å². The van der Waals surface area contributed by atoms with Crippen LogP contribution in [0.3, 0.4) is 0 Å². The smallest absolute Gasteiger partial charge is 0.301 e. The molecule has 1 aliphatic heterocycles. The summed E-state index contributed by atoms with van der Waals surface area (Å²) in [7, 11) is 4.46.